The molecule has 1 unspecified atom stereocenters. The predicted molar refractivity (Wildman–Crippen MR) is 126 cm³/mol. The van der Waals surface area contributed by atoms with Gasteiger partial charge < -0.3 is 29.5 Å². The van der Waals surface area contributed by atoms with Crippen LogP contribution in [0.15, 0.2) is 55.0 Å². The molecule has 0 aliphatic carbocycles. The highest BCUT2D eigenvalue weighted by molar-refractivity contribution is 5.99. The summed E-state index contributed by atoms with van der Waals surface area (Å²) in [6.45, 7) is 4.11. The van der Waals surface area contributed by atoms with Gasteiger partial charge in [0.05, 0.1) is 25.8 Å². The molecule has 3 aromatic rings. The topological polar surface area (TPSA) is 95.8 Å². The fraction of sp³-hybridized carbons (Fsp3) is 0.375. The summed E-state index contributed by atoms with van der Waals surface area (Å²) < 4.78 is 7.13. The predicted octanol–water partition coefficient (Wildman–Crippen LogP) is 2.16. The van der Waals surface area contributed by atoms with Gasteiger partial charge in [-0.1, -0.05) is 0 Å². The fourth-order valence-electron chi connectivity index (χ4n) is 4.18. The van der Waals surface area contributed by atoms with Crippen LogP contribution in [0.25, 0.3) is 0 Å². The van der Waals surface area contributed by atoms with Gasteiger partial charge in [0.2, 0.25) is 0 Å². The SMILES string of the molecule is COc1ccc(Nc2ncccc2C(=O)N2CCN(C)CC(O)(Cn3ccnc3C)C2)cc1. The van der Waals surface area contributed by atoms with Crippen LogP contribution in [-0.2, 0) is 6.54 Å². The highest BCUT2D eigenvalue weighted by atomic mass is 16.5. The molecular weight excluding hydrogens is 420 g/mol. The zero-order valence-corrected chi connectivity index (χ0v) is 19.2. The van der Waals surface area contributed by atoms with E-state index in [1.165, 1.54) is 0 Å². The largest absolute Gasteiger partial charge is 0.497 e. The zero-order valence-electron chi connectivity index (χ0n) is 19.2. The average Bonchev–Trinajstić information content (AvgIpc) is 3.13. The van der Waals surface area contributed by atoms with Gasteiger partial charge in [0.25, 0.3) is 5.91 Å². The monoisotopic (exact) mass is 450 g/mol. The van der Waals surface area contributed by atoms with Crippen LogP contribution >= 0.6 is 0 Å². The highest BCUT2D eigenvalue weighted by Crippen LogP contribution is 2.24. The van der Waals surface area contributed by atoms with Crippen molar-refractivity contribution in [3.05, 3.63) is 66.4 Å². The number of nitrogens with one attached hydrogen (secondary N) is 1. The Morgan fingerprint density at radius 2 is 1.94 bits per heavy atom. The van der Waals surface area contributed by atoms with E-state index < -0.39 is 5.60 Å². The summed E-state index contributed by atoms with van der Waals surface area (Å²) in [5.41, 5.74) is 0.142. The third kappa shape index (κ3) is 5.32. The van der Waals surface area contributed by atoms with E-state index in [1.54, 1.807) is 36.5 Å². The van der Waals surface area contributed by atoms with Crippen molar-refractivity contribution >= 4 is 17.4 Å². The number of benzene rings is 1. The molecule has 174 valence electrons. The van der Waals surface area contributed by atoms with E-state index in [0.717, 1.165) is 17.3 Å². The Morgan fingerprint density at radius 1 is 1.15 bits per heavy atom. The van der Waals surface area contributed by atoms with Crippen molar-refractivity contribution in [3.63, 3.8) is 0 Å². The Kier molecular flexibility index (Phi) is 6.62. The van der Waals surface area contributed by atoms with E-state index in [-0.39, 0.29) is 12.5 Å². The maximum absolute atomic E-state index is 13.6. The van der Waals surface area contributed by atoms with E-state index in [0.29, 0.717) is 37.6 Å². The minimum Gasteiger partial charge on any atom is -0.497 e. The van der Waals surface area contributed by atoms with Gasteiger partial charge in [-0.05, 0) is 50.4 Å². The molecule has 0 radical (unpaired) electrons. The number of nitrogens with zero attached hydrogens (tertiary/aromatic N) is 5. The molecular formula is C24H30N6O3. The summed E-state index contributed by atoms with van der Waals surface area (Å²) in [6, 6.07) is 10.9. The first-order chi connectivity index (χ1) is 15.9. The number of carbonyl (C=O) groups excluding carboxylic acids is 1. The number of aliphatic hydroxyl groups is 1. The molecule has 2 aromatic heterocycles. The molecule has 1 fully saturated rings. The van der Waals surface area contributed by atoms with Crippen molar-refractivity contribution in [2.24, 2.45) is 0 Å². The van der Waals surface area contributed by atoms with Crippen LogP contribution in [0, 0.1) is 6.92 Å². The van der Waals surface area contributed by atoms with Crippen molar-refractivity contribution < 1.29 is 14.6 Å². The number of β-amino-alcohol motifs (C(OH)–C–C–N with tert-alkyl or cyclic N) is 1. The van der Waals surface area contributed by atoms with Crippen molar-refractivity contribution in [2.75, 3.05) is 45.7 Å². The fourth-order valence-corrected chi connectivity index (χ4v) is 4.18. The second-order valence-corrected chi connectivity index (χ2v) is 8.54. The van der Waals surface area contributed by atoms with Gasteiger partial charge >= 0.3 is 0 Å². The number of anilines is 2. The summed E-state index contributed by atoms with van der Waals surface area (Å²) in [5, 5.41) is 14.7. The van der Waals surface area contributed by atoms with Crippen LogP contribution in [0.1, 0.15) is 16.2 Å². The van der Waals surface area contributed by atoms with E-state index >= 15 is 0 Å². The standard InChI is InChI=1S/C24H30N6O3/c1-18-25-11-12-29(18)16-24(32)15-28(2)13-14-30(17-24)23(31)21-5-4-10-26-22(21)27-19-6-8-20(33-3)9-7-19/h4-12,32H,13-17H2,1-3H3,(H,26,27). The number of likely N-dealkylation sites (N-methyl/N-ethyl adjacent to an activating group) is 1. The van der Waals surface area contributed by atoms with Crippen LogP contribution in [-0.4, -0.2) is 81.3 Å². The maximum atomic E-state index is 13.6. The molecule has 2 N–H and O–H groups in total. The smallest absolute Gasteiger partial charge is 0.257 e. The quantitative estimate of drug-likeness (QED) is 0.594. The molecule has 1 aromatic carbocycles. The number of amides is 1. The highest BCUT2D eigenvalue weighted by Gasteiger charge is 2.37. The van der Waals surface area contributed by atoms with Crippen LogP contribution in [0.3, 0.4) is 0 Å². The molecule has 33 heavy (non-hydrogen) atoms. The Balaban J connectivity index is 1.57. The molecule has 3 heterocycles. The average molecular weight is 451 g/mol. The molecule has 1 saturated heterocycles. The lowest BCUT2D eigenvalue weighted by atomic mass is 10.0. The summed E-state index contributed by atoms with van der Waals surface area (Å²) in [5.74, 6) is 1.87. The maximum Gasteiger partial charge on any atom is 0.257 e. The molecule has 0 bridgehead atoms. The first kappa shape index (κ1) is 22.8. The molecule has 9 nitrogen and oxygen atoms in total. The zero-order chi connectivity index (χ0) is 23.4. The number of rotatable bonds is 6. The van der Waals surface area contributed by atoms with Crippen LogP contribution in [0.4, 0.5) is 11.5 Å². The number of hydrogen-bond acceptors (Lipinski definition) is 7. The first-order valence-electron chi connectivity index (χ1n) is 10.9. The van der Waals surface area contributed by atoms with Crippen LogP contribution < -0.4 is 10.1 Å². The van der Waals surface area contributed by atoms with Gasteiger partial charge in [0, 0.05) is 43.9 Å². The van der Waals surface area contributed by atoms with E-state index in [1.807, 2.05) is 49.0 Å². The molecule has 1 aliphatic rings. The van der Waals surface area contributed by atoms with Gasteiger partial charge in [-0.3, -0.25) is 4.79 Å². The number of aryl methyl sites for hydroxylation is 1. The van der Waals surface area contributed by atoms with Gasteiger partial charge in [-0.25, -0.2) is 9.97 Å². The van der Waals surface area contributed by atoms with Crippen molar-refractivity contribution in [2.45, 2.75) is 19.1 Å². The normalized spacial score (nSPS) is 19.2. The lowest BCUT2D eigenvalue weighted by molar-refractivity contribution is -0.0116. The molecule has 0 saturated carbocycles. The number of aromatic nitrogens is 3. The number of hydrogen-bond donors (Lipinski definition) is 2. The third-order valence-corrected chi connectivity index (χ3v) is 5.87. The number of imidazole rings is 1. The Hall–Kier alpha value is -3.43. The molecule has 9 heteroatoms. The van der Waals surface area contributed by atoms with E-state index in [4.69, 9.17) is 4.74 Å². The molecule has 1 aliphatic heterocycles. The number of carbonyl (C=O) groups is 1. The van der Waals surface area contributed by atoms with Crippen molar-refractivity contribution in [1.29, 1.82) is 0 Å². The summed E-state index contributed by atoms with van der Waals surface area (Å²) in [4.78, 5) is 26.0. The molecule has 1 atom stereocenters. The Bertz CT molecular complexity index is 1100. The van der Waals surface area contributed by atoms with Crippen molar-refractivity contribution in [1.82, 2.24) is 24.3 Å². The summed E-state index contributed by atoms with van der Waals surface area (Å²) in [7, 11) is 3.58. The summed E-state index contributed by atoms with van der Waals surface area (Å²) >= 11 is 0. The van der Waals surface area contributed by atoms with Crippen LogP contribution in [0.2, 0.25) is 0 Å². The Morgan fingerprint density at radius 3 is 2.64 bits per heavy atom. The van der Waals surface area contributed by atoms with Gasteiger partial charge in [0.1, 0.15) is 23.0 Å². The van der Waals surface area contributed by atoms with E-state index in [9.17, 15) is 9.90 Å². The number of pyridine rings is 1. The third-order valence-electron chi connectivity index (χ3n) is 5.87. The lowest BCUT2D eigenvalue weighted by Crippen LogP contribution is -2.50. The molecule has 1 amide bonds. The second-order valence-electron chi connectivity index (χ2n) is 8.54. The van der Waals surface area contributed by atoms with Gasteiger partial charge in [-0.15, -0.1) is 0 Å². The lowest BCUT2D eigenvalue weighted by Gasteiger charge is -2.33. The molecule has 4 rings (SSSR count). The van der Waals surface area contributed by atoms with Gasteiger partial charge in [0.15, 0.2) is 0 Å². The summed E-state index contributed by atoms with van der Waals surface area (Å²) in [6.07, 6.45) is 5.22. The van der Waals surface area contributed by atoms with Gasteiger partial charge in [-0.2, -0.15) is 0 Å². The minimum absolute atomic E-state index is 0.171. The minimum atomic E-state index is -1.11. The van der Waals surface area contributed by atoms with Crippen molar-refractivity contribution in [3.8, 4) is 5.75 Å². The molecule has 0 spiro atoms. The first-order valence-corrected chi connectivity index (χ1v) is 10.9. The Labute approximate surface area is 193 Å². The van der Waals surface area contributed by atoms with Crippen LogP contribution in [0.5, 0.6) is 5.75 Å². The van der Waals surface area contributed by atoms with E-state index in [2.05, 4.69) is 20.2 Å². The number of ether oxygens (including phenoxy) is 1. The second kappa shape index (κ2) is 9.60. The number of methoxy groups -OCH3 is 1.